The molecule has 0 fully saturated rings. The largest absolute Gasteiger partial charge is 0.339 e. The number of nitrogens with one attached hydrogen (secondary N) is 1. The van der Waals surface area contributed by atoms with Crippen LogP contribution in [-0.2, 0) is 13.0 Å². The van der Waals surface area contributed by atoms with Gasteiger partial charge in [0.2, 0.25) is 5.82 Å². The van der Waals surface area contributed by atoms with E-state index >= 15 is 0 Å². The molecule has 31 heavy (non-hydrogen) atoms. The molecule has 0 unspecified atom stereocenters. The van der Waals surface area contributed by atoms with Crippen molar-refractivity contribution in [1.29, 1.82) is 0 Å². The highest BCUT2D eigenvalue weighted by Gasteiger charge is 2.26. The first-order valence-corrected chi connectivity index (χ1v) is 10.6. The SMILES string of the molecule is O=C(N[C@H]1CCc2ccccc2-n2ccnc21)c1ncn(Cc2c(Cl)cccc2Cl)n1. The Morgan fingerprint density at radius 3 is 2.74 bits per heavy atom. The molecule has 156 valence electrons. The Morgan fingerprint density at radius 1 is 1.10 bits per heavy atom. The van der Waals surface area contributed by atoms with E-state index in [0.29, 0.717) is 16.6 Å². The van der Waals surface area contributed by atoms with Crippen LogP contribution in [-0.4, -0.2) is 30.2 Å². The molecule has 7 nitrogen and oxygen atoms in total. The molecule has 1 amide bonds. The van der Waals surface area contributed by atoms with Gasteiger partial charge in [0.05, 0.1) is 12.6 Å². The van der Waals surface area contributed by atoms with Gasteiger partial charge in [-0.15, -0.1) is 5.10 Å². The highest BCUT2D eigenvalue weighted by atomic mass is 35.5. The van der Waals surface area contributed by atoms with Crippen LogP contribution in [0.15, 0.2) is 61.2 Å². The number of aryl methyl sites for hydroxylation is 1. The Balaban J connectivity index is 1.35. The van der Waals surface area contributed by atoms with E-state index in [1.165, 1.54) is 11.9 Å². The van der Waals surface area contributed by atoms with Crippen molar-refractivity contribution in [2.75, 3.05) is 0 Å². The fraction of sp³-hybridized carbons (Fsp3) is 0.182. The monoisotopic (exact) mass is 452 g/mol. The number of para-hydroxylation sites is 1. The van der Waals surface area contributed by atoms with E-state index in [4.69, 9.17) is 23.2 Å². The predicted molar refractivity (Wildman–Crippen MR) is 118 cm³/mol. The van der Waals surface area contributed by atoms with Gasteiger partial charge in [0.15, 0.2) is 0 Å². The van der Waals surface area contributed by atoms with Gasteiger partial charge in [0.1, 0.15) is 12.2 Å². The van der Waals surface area contributed by atoms with Gasteiger partial charge in [-0.2, -0.15) is 0 Å². The number of fused-ring (bicyclic) bond motifs is 3. The van der Waals surface area contributed by atoms with Crippen LogP contribution in [0.25, 0.3) is 5.69 Å². The van der Waals surface area contributed by atoms with Gasteiger partial charge >= 0.3 is 0 Å². The molecular weight excluding hydrogens is 435 g/mol. The molecule has 0 radical (unpaired) electrons. The van der Waals surface area contributed by atoms with E-state index in [9.17, 15) is 4.79 Å². The molecular formula is C22H18Cl2N6O. The third-order valence-corrected chi connectivity index (χ3v) is 6.07. The van der Waals surface area contributed by atoms with Crippen molar-refractivity contribution in [2.45, 2.75) is 25.4 Å². The first-order chi connectivity index (χ1) is 15.1. The number of benzene rings is 2. The van der Waals surface area contributed by atoms with Gasteiger partial charge in [0, 0.05) is 33.7 Å². The van der Waals surface area contributed by atoms with Gasteiger partial charge in [-0.05, 0) is 36.6 Å². The number of imidazole rings is 1. The molecule has 1 N–H and O–H groups in total. The van der Waals surface area contributed by atoms with Gasteiger partial charge in [-0.25, -0.2) is 14.6 Å². The van der Waals surface area contributed by atoms with E-state index < -0.39 is 0 Å². The second kappa shape index (κ2) is 8.17. The fourth-order valence-electron chi connectivity index (χ4n) is 3.84. The van der Waals surface area contributed by atoms with E-state index in [1.807, 2.05) is 22.9 Å². The van der Waals surface area contributed by atoms with E-state index in [1.54, 1.807) is 29.1 Å². The lowest BCUT2D eigenvalue weighted by atomic mass is 10.1. The number of halogens is 2. The fourth-order valence-corrected chi connectivity index (χ4v) is 4.36. The molecule has 2 aromatic carbocycles. The molecule has 0 saturated heterocycles. The maximum Gasteiger partial charge on any atom is 0.291 e. The topological polar surface area (TPSA) is 77.6 Å². The highest BCUT2D eigenvalue weighted by Crippen LogP contribution is 2.29. The lowest BCUT2D eigenvalue weighted by Crippen LogP contribution is -2.31. The third-order valence-electron chi connectivity index (χ3n) is 5.36. The summed E-state index contributed by atoms with van der Waals surface area (Å²) in [6.07, 6.45) is 6.72. The number of rotatable bonds is 4. The van der Waals surface area contributed by atoms with Crippen LogP contribution in [0.5, 0.6) is 0 Å². The number of hydrogen-bond acceptors (Lipinski definition) is 4. The zero-order valence-corrected chi connectivity index (χ0v) is 17.9. The number of carbonyl (C=O) groups is 1. The summed E-state index contributed by atoms with van der Waals surface area (Å²) < 4.78 is 3.57. The quantitative estimate of drug-likeness (QED) is 0.502. The van der Waals surface area contributed by atoms with Crippen molar-refractivity contribution in [1.82, 2.24) is 29.6 Å². The van der Waals surface area contributed by atoms with Crippen molar-refractivity contribution in [3.8, 4) is 5.69 Å². The summed E-state index contributed by atoms with van der Waals surface area (Å²) in [5.74, 6) is 0.526. The zero-order valence-electron chi connectivity index (χ0n) is 16.4. The maximum atomic E-state index is 12.9. The Hall–Kier alpha value is -3.16. The van der Waals surface area contributed by atoms with E-state index in [0.717, 1.165) is 29.9 Å². The minimum Gasteiger partial charge on any atom is -0.339 e. The van der Waals surface area contributed by atoms with Crippen molar-refractivity contribution >= 4 is 29.1 Å². The van der Waals surface area contributed by atoms with Crippen LogP contribution in [0.2, 0.25) is 10.0 Å². The molecule has 0 saturated carbocycles. The Morgan fingerprint density at radius 2 is 1.90 bits per heavy atom. The van der Waals surface area contributed by atoms with Crippen LogP contribution >= 0.6 is 23.2 Å². The van der Waals surface area contributed by atoms with Gasteiger partial charge < -0.3 is 9.88 Å². The summed E-state index contributed by atoms with van der Waals surface area (Å²) >= 11 is 12.5. The summed E-state index contributed by atoms with van der Waals surface area (Å²) in [7, 11) is 0. The number of nitrogens with zero attached hydrogens (tertiary/aromatic N) is 5. The Labute approximate surface area is 188 Å². The normalized spacial score (nSPS) is 15.1. The molecule has 2 aromatic heterocycles. The summed E-state index contributed by atoms with van der Waals surface area (Å²) in [5.41, 5.74) is 3.04. The van der Waals surface area contributed by atoms with Crippen LogP contribution in [0.3, 0.4) is 0 Å². The minimum absolute atomic E-state index is 0.0862. The van der Waals surface area contributed by atoms with Gasteiger partial charge in [-0.1, -0.05) is 47.5 Å². The molecule has 0 bridgehead atoms. The molecule has 9 heteroatoms. The molecule has 4 aromatic rings. The summed E-state index contributed by atoms with van der Waals surface area (Å²) in [6.45, 7) is 0.321. The van der Waals surface area contributed by atoms with Crippen LogP contribution in [0.1, 0.15) is 40.0 Å². The van der Waals surface area contributed by atoms with Crippen LogP contribution < -0.4 is 5.32 Å². The van der Waals surface area contributed by atoms with Crippen molar-refractivity contribution in [3.63, 3.8) is 0 Å². The molecule has 1 atom stereocenters. The smallest absolute Gasteiger partial charge is 0.291 e. The summed E-state index contributed by atoms with van der Waals surface area (Å²) in [6, 6.07) is 13.3. The molecule has 5 rings (SSSR count). The lowest BCUT2D eigenvalue weighted by Gasteiger charge is -2.15. The minimum atomic E-state index is -0.352. The van der Waals surface area contributed by atoms with Crippen molar-refractivity contribution in [3.05, 3.63) is 94.0 Å². The van der Waals surface area contributed by atoms with Crippen molar-refractivity contribution < 1.29 is 4.79 Å². The Bertz CT molecular complexity index is 1240. The van der Waals surface area contributed by atoms with Crippen LogP contribution in [0.4, 0.5) is 0 Å². The molecule has 0 aliphatic carbocycles. The predicted octanol–water partition coefficient (Wildman–Crippen LogP) is 4.24. The molecule has 1 aliphatic rings. The summed E-state index contributed by atoms with van der Waals surface area (Å²) in [4.78, 5) is 21.6. The van der Waals surface area contributed by atoms with Gasteiger partial charge in [0.25, 0.3) is 5.91 Å². The first kappa shape index (κ1) is 19.8. The average Bonchev–Trinajstić information content (AvgIpc) is 3.41. The second-order valence-electron chi connectivity index (χ2n) is 7.31. The van der Waals surface area contributed by atoms with Crippen LogP contribution in [0, 0.1) is 0 Å². The number of aromatic nitrogens is 5. The van der Waals surface area contributed by atoms with E-state index in [-0.39, 0.29) is 17.8 Å². The lowest BCUT2D eigenvalue weighted by molar-refractivity contribution is 0.0922. The number of hydrogen-bond donors (Lipinski definition) is 1. The standard InChI is InChI=1S/C22H18Cl2N6O/c23-16-5-3-6-17(24)15(16)12-29-13-26-20(28-29)22(31)27-18-9-8-14-4-1-2-7-19(14)30-11-10-25-21(18)30/h1-7,10-11,13,18H,8-9,12H2,(H,27,31)/t18-/m0/s1. The maximum absolute atomic E-state index is 12.9. The van der Waals surface area contributed by atoms with Gasteiger partial charge in [-0.3, -0.25) is 4.79 Å². The average molecular weight is 453 g/mol. The Kier molecular flexibility index (Phi) is 5.21. The summed E-state index contributed by atoms with van der Waals surface area (Å²) in [5, 5.41) is 8.43. The molecule has 0 spiro atoms. The number of carbonyl (C=O) groups excluding carboxylic acids is 1. The molecule has 1 aliphatic heterocycles. The molecule has 3 heterocycles. The highest BCUT2D eigenvalue weighted by molar-refractivity contribution is 6.35. The zero-order chi connectivity index (χ0) is 21.4. The van der Waals surface area contributed by atoms with E-state index in [2.05, 4.69) is 32.5 Å². The first-order valence-electron chi connectivity index (χ1n) is 9.85. The number of amides is 1. The third kappa shape index (κ3) is 3.82. The second-order valence-corrected chi connectivity index (χ2v) is 8.13. The van der Waals surface area contributed by atoms with Crippen molar-refractivity contribution in [2.24, 2.45) is 0 Å².